The monoisotopic (exact) mass is 427 g/mol. The molecule has 2 aliphatic rings. The summed E-state index contributed by atoms with van der Waals surface area (Å²) < 4.78 is 22.2. The predicted octanol–water partition coefficient (Wildman–Crippen LogP) is 3.98. The average molecular weight is 427 g/mol. The van der Waals surface area contributed by atoms with Crippen LogP contribution < -0.4 is 5.32 Å². The van der Waals surface area contributed by atoms with Crippen molar-refractivity contribution in [2.45, 2.75) is 58.3 Å². The van der Waals surface area contributed by atoms with E-state index in [1.54, 1.807) is 24.3 Å². The van der Waals surface area contributed by atoms with Crippen LogP contribution in [0.1, 0.15) is 56.5 Å². The number of rotatable bonds is 6. The van der Waals surface area contributed by atoms with Gasteiger partial charge in [0.15, 0.2) is 0 Å². The van der Waals surface area contributed by atoms with Gasteiger partial charge in [-0.15, -0.1) is 0 Å². The maximum atomic E-state index is 12.0. The Kier molecular flexibility index (Phi) is 6.91. The second-order valence-corrected chi connectivity index (χ2v) is 8.77. The molecule has 0 aromatic heterocycles. The van der Waals surface area contributed by atoms with Crippen LogP contribution in [0.2, 0.25) is 0 Å². The highest BCUT2D eigenvalue weighted by atomic mass is 16.7. The number of benzene rings is 1. The largest absolute Gasteiger partial charge is 0.490 e. The topological polar surface area (TPSA) is 83.1 Å². The van der Waals surface area contributed by atoms with Gasteiger partial charge in [0.25, 0.3) is 0 Å². The Morgan fingerprint density at radius 3 is 2.23 bits per heavy atom. The number of carbonyl (C=O) groups excluding carboxylic acids is 2. The van der Waals surface area contributed by atoms with Crippen molar-refractivity contribution in [3.05, 3.63) is 58.6 Å². The first kappa shape index (κ1) is 23.1. The fraction of sp³-hybridized carbons (Fsp3) is 0.478. The second kappa shape index (κ2) is 9.28. The maximum Gasteiger partial charge on any atom is 0.490 e. The van der Waals surface area contributed by atoms with Crippen LogP contribution in [0.5, 0.6) is 0 Å². The first-order chi connectivity index (χ1) is 14.6. The zero-order valence-electron chi connectivity index (χ0n) is 18.8. The molecule has 1 amide bonds. The summed E-state index contributed by atoms with van der Waals surface area (Å²) in [5.74, 6) is -0.393. The van der Waals surface area contributed by atoms with Crippen LogP contribution >= 0.6 is 0 Å². The molecule has 1 fully saturated rings. The third-order valence-corrected chi connectivity index (χ3v) is 6.02. The third kappa shape index (κ3) is 5.57. The lowest BCUT2D eigenvalue weighted by molar-refractivity contribution is 0.00578. The molecule has 1 aromatic carbocycles. The van der Waals surface area contributed by atoms with Crippen molar-refractivity contribution in [3.63, 3.8) is 0 Å². The number of nitrogens with one attached hydrogen (secondary N) is 1. The van der Waals surface area contributed by atoms with Crippen molar-refractivity contribution >= 4 is 19.2 Å². The lowest BCUT2D eigenvalue weighted by Crippen LogP contribution is -2.41. The van der Waals surface area contributed by atoms with Crippen molar-refractivity contribution in [2.75, 3.05) is 13.7 Å². The van der Waals surface area contributed by atoms with Crippen molar-refractivity contribution < 1.29 is 28.4 Å². The van der Waals surface area contributed by atoms with Crippen LogP contribution in [-0.4, -0.2) is 44.1 Å². The molecule has 1 aliphatic heterocycles. The van der Waals surface area contributed by atoms with Gasteiger partial charge in [-0.25, -0.2) is 9.59 Å². The summed E-state index contributed by atoms with van der Waals surface area (Å²) in [6.07, 6.45) is 5.09. The molecule has 0 spiro atoms. The Bertz CT molecular complexity index is 872. The minimum Gasteiger partial charge on any atom is -0.465 e. The first-order valence-electron chi connectivity index (χ1n) is 10.4. The summed E-state index contributed by atoms with van der Waals surface area (Å²) in [5.41, 5.74) is 2.75. The minimum atomic E-state index is -0.487. The smallest absolute Gasteiger partial charge is 0.465 e. The van der Waals surface area contributed by atoms with E-state index in [0.29, 0.717) is 12.1 Å². The second-order valence-electron chi connectivity index (χ2n) is 8.77. The fourth-order valence-electron chi connectivity index (χ4n) is 3.27. The molecule has 166 valence electrons. The molecule has 0 atom stereocenters. The zero-order chi connectivity index (χ0) is 22.6. The van der Waals surface area contributed by atoms with Gasteiger partial charge in [0.1, 0.15) is 6.61 Å². The summed E-state index contributed by atoms with van der Waals surface area (Å²) in [6.45, 7) is 8.70. The van der Waals surface area contributed by atoms with Crippen molar-refractivity contribution in [3.8, 4) is 0 Å². The lowest BCUT2D eigenvalue weighted by Gasteiger charge is -2.32. The number of allylic oxidation sites excluding steroid dienone is 3. The highest BCUT2D eigenvalue weighted by Crippen LogP contribution is 2.40. The SMILES string of the molecule is COC(=O)c1ccc(CNC(=O)OCC2=CC=C(B3OC(C)(C)C(C)(C)O3)CC2)cc1. The molecular weight excluding hydrogens is 397 g/mol. The minimum absolute atomic E-state index is 0.236. The van der Waals surface area contributed by atoms with Crippen LogP contribution in [0.15, 0.2) is 47.5 Å². The number of esters is 1. The summed E-state index contributed by atoms with van der Waals surface area (Å²) in [6, 6.07) is 6.84. The van der Waals surface area contributed by atoms with Crippen LogP contribution in [0.3, 0.4) is 0 Å². The standard InChI is InChI=1S/C23H30BNO6/c1-22(2)23(3,4)31-24(30-22)19-12-8-17(9-13-19)15-29-21(27)25-14-16-6-10-18(11-7-16)20(26)28-5/h6-8,10-12H,9,13-15H2,1-5H3,(H,25,27). The third-order valence-electron chi connectivity index (χ3n) is 6.02. The van der Waals surface area contributed by atoms with Crippen LogP contribution in [0, 0.1) is 0 Å². The number of carbonyl (C=O) groups is 2. The molecular formula is C23H30BNO6. The van der Waals surface area contributed by atoms with E-state index in [4.69, 9.17) is 14.0 Å². The summed E-state index contributed by atoms with van der Waals surface area (Å²) in [7, 11) is 1.00. The Labute approximate surface area is 183 Å². The molecule has 31 heavy (non-hydrogen) atoms. The van der Waals surface area contributed by atoms with E-state index in [0.717, 1.165) is 29.5 Å². The molecule has 1 heterocycles. The van der Waals surface area contributed by atoms with Gasteiger partial charge in [-0.05, 0) is 69.3 Å². The van der Waals surface area contributed by atoms with Gasteiger partial charge in [-0.3, -0.25) is 0 Å². The van der Waals surface area contributed by atoms with Crippen LogP contribution in [-0.2, 0) is 25.3 Å². The molecule has 1 aromatic rings. The number of hydrogen-bond donors (Lipinski definition) is 1. The highest BCUT2D eigenvalue weighted by molar-refractivity contribution is 6.54. The van der Waals surface area contributed by atoms with Gasteiger partial charge in [0.05, 0.1) is 23.9 Å². The van der Waals surface area contributed by atoms with Gasteiger partial charge in [-0.2, -0.15) is 0 Å². The number of ether oxygens (including phenoxy) is 2. The number of amides is 1. The molecule has 0 unspecified atom stereocenters. The Morgan fingerprint density at radius 1 is 1.03 bits per heavy atom. The molecule has 0 saturated carbocycles. The van der Waals surface area contributed by atoms with E-state index in [1.807, 2.05) is 39.8 Å². The van der Waals surface area contributed by atoms with Crippen LogP contribution in [0.4, 0.5) is 4.79 Å². The quantitative estimate of drug-likeness (QED) is 0.546. The molecule has 1 saturated heterocycles. The fourth-order valence-corrected chi connectivity index (χ4v) is 3.27. The molecule has 1 N–H and O–H groups in total. The summed E-state index contributed by atoms with van der Waals surface area (Å²) in [4.78, 5) is 23.4. The van der Waals surface area contributed by atoms with Crippen LogP contribution in [0.25, 0.3) is 0 Å². The predicted molar refractivity (Wildman–Crippen MR) is 117 cm³/mol. The van der Waals surface area contributed by atoms with Gasteiger partial charge in [-0.1, -0.05) is 24.3 Å². The van der Waals surface area contributed by atoms with Crippen molar-refractivity contribution in [1.82, 2.24) is 5.32 Å². The maximum absolute atomic E-state index is 12.0. The molecule has 0 radical (unpaired) electrons. The van der Waals surface area contributed by atoms with Crippen molar-refractivity contribution in [1.29, 1.82) is 0 Å². The summed E-state index contributed by atoms with van der Waals surface area (Å²) in [5, 5.41) is 2.71. The average Bonchev–Trinajstić information content (AvgIpc) is 2.97. The zero-order valence-corrected chi connectivity index (χ0v) is 18.8. The van der Waals surface area contributed by atoms with Gasteiger partial charge < -0.3 is 24.1 Å². The van der Waals surface area contributed by atoms with Crippen molar-refractivity contribution in [2.24, 2.45) is 0 Å². The van der Waals surface area contributed by atoms with E-state index in [9.17, 15) is 9.59 Å². The van der Waals surface area contributed by atoms with Gasteiger partial charge in [0.2, 0.25) is 0 Å². The van der Waals surface area contributed by atoms with Gasteiger partial charge >= 0.3 is 19.2 Å². The van der Waals surface area contributed by atoms with E-state index in [1.165, 1.54) is 7.11 Å². The highest BCUT2D eigenvalue weighted by Gasteiger charge is 2.52. The number of methoxy groups -OCH3 is 1. The molecule has 1 aliphatic carbocycles. The van der Waals surface area contributed by atoms with E-state index in [-0.39, 0.29) is 24.9 Å². The normalized spacial score (nSPS) is 19.3. The van der Waals surface area contributed by atoms with E-state index >= 15 is 0 Å². The number of hydrogen-bond acceptors (Lipinski definition) is 6. The molecule has 7 nitrogen and oxygen atoms in total. The molecule has 8 heteroatoms. The van der Waals surface area contributed by atoms with Gasteiger partial charge in [0, 0.05) is 6.54 Å². The van der Waals surface area contributed by atoms with E-state index in [2.05, 4.69) is 10.1 Å². The molecule has 3 rings (SSSR count). The lowest BCUT2D eigenvalue weighted by atomic mass is 9.73. The first-order valence-corrected chi connectivity index (χ1v) is 10.4. The Hall–Kier alpha value is -2.58. The molecule has 0 bridgehead atoms. The summed E-state index contributed by atoms with van der Waals surface area (Å²) >= 11 is 0. The Morgan fingerprint density at radius 2 is 1.68 bits per heavy atom. The number of alkyl carbamates (subject to hydrolysis) is 1. The van der Waals surface area contributed by atoms with E-state index < -0.39 is 12.1 Å². The Balaban J connectivity index is 1.44.